The smallest absolute Gasteiger partial charge is 0.261 e. The van der Waals surface area contributed by atoms with Crippen LogP contribution in [-0.4, -0.2) is 59.4 Å². The van der Waals surface area contributed by atoms with Crippen molar-refractivity contribution >= 4 is 38.9 Å². The second-order valence-corrected chi connectivity index (χ2v) is 11.8. The van der Waals surface area contributed by atoms with E-state index in [-0.39, 0.29) is 15.7 Å². The predicted molar refractivity (Wildman–Crippen MR) is 140 cm³/mol. The van der Waals surface area contributed by atoms with E-state index in [1.807, 2.05) is 12.1 Å². The van der Waals surface area contributed by atoms with Crippen LogP contribution in [0.1, 0.15) is 25.0 Å². The van der Waals surface area contributed by atoms with Gasteiger partial charge in [-0.25, -0.2) is 18.4 Å². The molecule has 4 rings (SSSR count). The molecule has 10 nitrogen and oxygen atoms in total. The maximum Gasteiger partial charge on any atom is 0.261 e. The lowest BCUT2D eigenvalue weighted by molar-refractivity contribution is -0.136. The van der Waals surface area contributed by atoms with Crippen molar-refractivity contribution < 1.29 is 23.1 Å². The number of sulfone groups is 1. The number of primary amides is 1. The average molecular weight is 546 g/mol. The number of hydrogen-bond donors (Lipinski definition) is 3. The Hall–Kier alpha value is -3.25. The van der Waals surface area contributed by atoms with E-state index < -0.39 is 27.2 Å². The number of para-hydroxylation sites is 1. The maximum atomic E-state index is 12.9. The quantitative estimate of drug-likeness (QED) is 0.388. The van der Waals surface area contributed by atoms with Crippen molar-refractivity contribution in [1.29, 1.82) is 0 Å². The first-order valence-corrected chi connectivity index (χ1v) is 13.5. The van der Waals surface area contributed by atoms with Gasteiger partial charge in [-0.1, -0.05) is 23.7 Å². The molecule has 0 saturated heterocycles. The van der Waals surface area contributed by atoms with Gasteiger partial charge in [0.25, 0.3) is 5.91 Å². The molecule has 1 aliphatic heterocycles. The Morgan fingerprint density at radius 3 is 2.65 bits per heavy atom. The highest BCUT2D eigenvalue weighted by Crippen LogP contribution is 2.36. The first-order valence-electron chi connectivity index (χ1n) is 11.6. The Morgan fingerprint density at radius 1 is 1.24 bits per heavy atom. The summed E-state index contributed by atoms with van der Waals surface area (Å²) in [6, 6.07) is 10.3. The van der Waals surface area contributed by atoms with E-state index in [1.165, 1.54) is 13.3 Å². The number of halogens is 1. The lowest BCUT2D eigenvalue weighted by Gasteiger charge is -2.31. The summed E-state index contributed by atoms with van der Waals surface area (Å²) >= 11 is 6.39. The summed E-state index contributed by atoms with van der Waals surface area (Å²) in [6.45, 7) is 4.01. The number of aliphatic hydroxyl groups excluding tert-OH is 1. The molecule has 1 aliphatic rings. The van der Waals surface area contributed by atoms with Crippen molar-refractivity contribution in [3.05, 3.63) is 58.7 Å². The topological polar surface area (TPSA) is 148 Å². The van der Waals surface area contributed by atoms with Crippen LogP contribution in [0, 0.1) is 0 Å². The monoisotopic (exact) mass is 545 g/mol. The van der Waals surface area contributed by atoms with Gasteiger partial charge in [0.1, 0.15) is 10.8 Å². The minimum Gasteiger partial charge on any atom is -0.496 e. The highest BCUT2D eigenvalue weighted by atomic mass is 35.5. The number of nitrogens with one attached hydrogen (secondary N) is 1. The van der Waals surface area contributed by atoms with Crippen LogP contribution in [0.15, 0.2) is 47.5 Å². The van der Waals surface area contributed by atoms with Crippen LogP contribution in [0.25, 0.3) is 11.4 Å². The van der Waals surface area contributed by atoms with E-state index in [4.69, 9.17) is 22.1 Å². The highest BCUT2D eigenvalue weighted by molar-refractivity contribution is 7.92. The number of benzene rings is 2. The lowest BCUT2D eigenvalue weighted by atomic mass is 9.96. The molecule has 4 N–H and O–H groups in total. The molecule has 1 unspecified atom stereocenters. The van der Waals surface area contributed by atoms with E-state index in [0.29, 0.717) is 42.3 Å². The number of fused-ring (bicyclic) bond motifs is 1. The molecule has 2 heterocycles. The molecule has 2 aromatic carbocycles. The first-order chi connectivity index (χ1) is 17.5. The Kier molecular flexibility index (Phi) is 7.69. The summed E-state index contributed by atoms with van der Waals surface area (Å²) in [7, 11) is -2.04. The number of aromatic nitrogens is 2. The van der Waals surface area contributed by atoms with Crippen molar-refractivity contribution in [3.63, 3.8) is 0 Å². The SMILES string of the molecule is COc1cc2c(cc1-c1ncc(Cl)c(Nc3ccccc3S(=O)(=O)C(C)C)n1)CCN(C(O)C(N)=O)C2. The number of carbonyl (C=O) groups is 1. The number of amides is 1. The molecule has 0 fully saturated rings. The van der Waals surface area contributed by atoms with Crippen LogP contribution in [0.3, 0.4) is 0 Å². The average Bonchev–Trinajstić information content (AvgIpc) is 2.88. The molecule has 0 aliphatic carbocycles. The number of aliphatic hydroxyl groups is 1. The molecule has 0 saturated carbocycles. The third kappa shape index (κ3) is 5.40. The van der Waals surface area contributed by atoms with Crippen molar-refractivity contribution in [2.45, 2.75) is 43.2 Å². The summed E-state index contributed by atoms with van der Waals surface area (Å²) in [4.78, 5) is 22.1. The number of anilines is 2. The Labute approximate surface area is 220 Å². The first kappa shape index (κ1) is 26.8. The minimum atomic E-state index is -3.56. The van der Waals surface area contributed by atoms with Gasteiger partial charge < -0.3 is 20.9 Å². The van der Waals surface area contributed by atoms with Gasteiger partial charge in [0.15, 0.2) is 27.7 Å². The van der Waals surface area contributed by atoms with Crippen LogP contribution in [0.5, 0.6) is 5.75 Å². The van der Waals surface area contributed by atoms with Crippen LogP contribution in [-0.2, 0) is 27.6 Å². The molecular formula is C25H28ClN5O5S. The van der Waals surface area contributed by atoms with Gasteiger partial charge in [0, 0.05) is 13.1 Å². The van der Waals surface area contributed by atoms with Gasteiger partial charge in [-0.05, 0) is 55.7 Å². The van der Waals surface area contributed by atoms with E-state index in [1.54, 1.807) is 43.0 Å². The van der Waals surface area contributed by atoms with Crippen LogP contribution < -0.4 is 15.8 Å². The molecule has 3 aromatic rings. The number of methoxy groups -OCH3 is 1. The van der Waals surface area contributed by atoms with Crippen LogP contribution >= 0.6 is 11.6 Å². The standard InChI is InChI=1S/C25H28ClN5O5S/c1-14(2)37(34,35)21-7-5-4-6-19(21)29-24-18(26)12-28-23(30-24)17-10-15-8-9-31(25(33)22(27)32)13-16(15)11-20(17)36-3/h4-7,10-12,14,25,33H,8-9,13H2,1-3H3,(H2,27,32)(H,28,29,30). The van der Waals surface area contributed by atoms with Gasteiger partial charge in [0.2, 0.25) is 0 Å². The zero-order valence-electron chi connectivity index (χ0n) is 20.6. The largest absolute Gasteiger partial charge is 0.496 e. The second-order valence-electron chi connectivity index (χ2n) is 8.92. The number of nitrogens with zero attached hydrogens (tertiary/aromatic N) is 3. The minimum absolute atomic E-state index is 0.148. The molecule has 196 valence electrons. The maximum absolute atomic E-state index is 12.9. The van der Waals surface area contributed by atoms with E-state index in [2.05, 4.69) is 15.3 Å². The molecule has 37 heavy (non-hydrogen) atoms. The Morgan fingerprint density at radius 2 is 1.97 bits per heavy atom. The zero-order chi connectivity index (χ0) is 26.9. The van der Waals surface area contributed by atoms with E-state index in [9.17, 15) is 18.3 Å². The summed E-state index contributed by atoms with van der Waals surface area (Å²) in [6.07, 6.45) is 0.639. The van der Waals surface area contributed by atoms with Crippen molar-refractivity contribution in [3.8, 4) is 17.1 Å². The predicted octanol–water partition coefficient (Wildman–Crippen LogP) is 2.89. The fourth-order valence-electron chi connectivity index (χ4n) is 4.12. The fourth-order valence-corrected chi connectivity index (χ4v) is 5.46. The van der Waals surface area contributed by atoms with Crippen molar-refractivity contribution in [2.24, 2.45) is 5.73 Å². The number of nitrogens with two attached hydrogens (primary N) is 1. The summed E-state index contributed by atoms with van der Waals surface area (Å²) in [5.74, 6) is 0.263. The third-order valence-corrected chi connectivity index (χ3v) is 8.70. The van der Waals surface area contributed by atoms with Gasteiger partial charge in [0.05, 0.1) is 34.7 Å². The van der Waals surface area contributed by atoms with Gasteiger partial charge in [-0.15, -0.1) is 0 Å². The second kappa shape index (κ2) is 10.6. The molecule has 1 aromatic heterocycles. The Bertz CT molecular complexity index is 1450. The summed E-state index contributed by atoms with van der Waals surface area (Å²) in [5.41, 5.74) is 8.10. The fraction of sp³-hybridized carbons (Fsp3) is 0.320. The van der Waals surface area contributed by atoms with Crippen molar-refractivity contribution in [1.82, 2.24) is 14.9 Å². The number of rotatable bonds is 8. The number of ether oxygens (including phenoxy) is 1. The van der Waals surface area contributed by atoms with Gasteiger partial charge in [-0.3, -0.25) is 9.69 Å². The third-order valence-electron chi connectivity index (χ3n) is 6.22. The highest BCUT2D eigenvalue weighted by Gasteiger charge is 2.27. The molecule has 0 radical (unpaired) electrons. The lowest BCUT2D eigenvalue weighted by Crippen LogP contribution is -2.46. The molecule has 1 atom stereocenters. The van der Waals surface area contributed by atoms with Crippen LogP contribution in [0.2, 0.25) is 5.02 Å². The van der Waals surface area contributed by atoms with Gasteiger partial charge in [-0.2, -0.15) is 0 Å². The molecule has 1 amide bonds. The summed E-state index contributed by atoms with van der Waals surface area (Å²) in [5, 5.41) is 12.7. The molecular weight excluding hydrogens is 518 g/mol. The van der Waals surface area contributed by atoms with Crippen LogP contribution in [0.4, 0.5) is 11.5 Å². The zero-order valence-corrected chi connectivity index (χ0v) is 22.2. The number of hydrogen-bond acceptors (Lipinski definition) is 9. The normalized spacial score (nSPS) is 14.8. The molecule has 12 heteroatoms. The summed E-state index contributed by atoms with van der Waals surface area (Å²) < 4.78 is 31.3. The number of carbonyl (C=O) groups excluding carboxylic acids is 1. The van der Waals surface area contributed by atoms with E-state index in [0.717, 1.165) is 11.1 Å². The Balaban J connectivity index is 1.71. The van der Waals surface area contributed by atoms with E-state index >= 15 is 0 Å². The molecule has 0 bridgehead atoms. The van der Waals surface area contributed by atoms with Gasteiger partial charge >= 0.3 is 0 Å². The van der Waals surface area contributed by atoms with Crippen molar-refractivity contribution in [2.75, 3.05) is 19.0 Å². The molecule has 0 spiro atoms.